The number of nitrogens with one attached hydrogen (secondary N) is 3. The quantitative estimate of drug-likeness (QED) is 0.324. The van der Waals surface area contributed by atoms with Crippen LogP contribution in [0.15, 0.2) is 97.2 Å². The maximum absolute atomic E-state index is 12.2. The summed E-state index contributed by atoms with van der Waals surface area (Å²) in [6.45, 7) is 0. The molecule has 3 N–H and O–H groups in total. The van der Waals surface area contributed by atoms with Gasteiger partial charge in [-0.05, 0) is 54.1 Å². The molecule has 0 spiro atoms. The summed E-state index contributed by atoms with van der Waals surface area (Å²) in [6, 6.07) is 29.7. The van der Waals surface area contributed by atoms with Crippen molar-refractivity contribution in [1.29, 1.82) is 5.26 Å². The lowest BCUT2D eigenvalue weighted by atomic mass is 10.1. The number of amides is 2. The molecule has 0 fully saturated rings. The molecule has 5 aromatic rings. The van der Waals surface area contributed by atoms with Crippen molar-refractivity contribution in [3.8, 4) is 17.2 Å². The molecule has 0 saturated heterocycles. The number of carbonyl (C=O) groups excluding carboxylic acids is 1. The van der Waals surface area contributed by atoms with Gasteiger partial charge in [0, 0.05) is 23.1 Å². The molecule has 2 heterocycles. The van der Waals surface area contributed by atoms with Crippen molar-refractivity contribution in [2.45, 2.75) is 0 Å². The van der Waals surface area contributed by atoms with Crippen LogP contribution in [-0.2, 0) is 0 Å². The summed E-state index contributed by atoms with van der Waals surface area (Å²) >= 11 is 0. The normalized spacial score (nSPS) is 10.4. The SMILES string of the molecule is N#Cc1ccccc1Nc1nc2ccc(-c3ccc(NC(=O)Nc4ccccc4)cc3)cn2n1. The third-order valence-electron chi connectivity index (χ3n) is 5.13. The van der Waals surface area contributed by atoms with Crippen LogP contribution in [0.1, 0.15) is 5.56 Å². The van der Waals surface area contributed by atoms with Gasteiger partial charge >= 0.3 is 6.03 Å². The van der Waals surface area contributed by atoms with Gasteiger partial charge in [0.2, 0.25) is 5.95 Å². The van der Waals surface area contributed by atoms with E-state index in [2.05, 4.69) is 32.1 Å². The minimum Gasteiger partial charge on any atom is -0.322 e. The van der Waals surface area contributed by atoms with E-state index in [1.165, 1.54) is 0 Å². The predicted molar refractivity (Wildman–Crippen MR) is 132 cm³/mol. The van der Waals surface area contributed by atoms with Gasteiger partial charge in [-0.3, -0.25) is 0 Å². The van der Waals surface area contributed by atoms with E-state index < -0.39 is 0 Å². The van der Waals surface area contributed by atoms with E-state index in [1.54, 1.807) is 10.6 Å². The Balaban J connectivity index is 1.30. The van der Waals surface area contributed by atoms with Gasteiger partial charge in [-0.15, -0.1) is 5.10 Å². The highest BCUT2D eigenvalue weighted by atomic mass is 16.2. The van der Waals surface area contributed by atoms with Crippen molar-refractivity contribution in [2.75, 3.05) is 16.0 Å². The van der Waals surface area contributed by atoms with Crippen LogP contribution in [0.5, 0.6) is 0 Å². The Kier molecular flexibility index (Phi) is 5.57. The van der Waals surface area contributed by atoms with Crippen molar-refractivity contribution in [2.24, 2.45) is 0 Å². The van der Waals surface area contributed by atoms with Crippen molar-refractivity contribution < 1.29 is 4.79 Å². The van der Waals surface area contributed by atoms with Crippen LogP contribution in [0.2, 0.25) is 0 Å². The second-order valence-corrected chi connectivity index (χ2v) is 7.46. The molecule has 8 heteroatoms. The molecule has 5 rings (SSSR count). The van der Waals surface area contributed by atoms with Gasteiger partial charge < -0.3 is 16.0 Å². The molecule has 0 aliphatic rings. The number of benzene rings is 3. The highest BCUT2D eigenvalue weighted by Crippen LogP contribution is 2.23. The van der Waals surface area contributed by atoms with E-state index in [9.17, 15) is 10.1 Å². The molecule has 164 valence electrons. The number of aromatic nitrogens is 3. The van der Waals surface area contributed by atoms with Crippen LogP contribution >= 0.6 is 0 Å². The smallest absolute Gasteiger partial charge is 0.322 e. The van der Waals surface area contributed by atoms with Crippen molar-refractivity contribution in [1.82, 2.24) is 14.6 Å². The molecule has 0 radical (unpaired) electrons. The summed E-state index contributed by atoms with van der Waals surface area (Å²) in [6.07, 6.45) is 1.88. The number of rotatable bonds is 5. The van der Waals surface area contributed by atoms with Gasteiger partial charge in [-0.2, -0.15) is 10.2 Å². The lowest BCUT2D eigenvalue weighted by molar-refractivity contribution is 0.262. The second-order valence-electron chi connectivity index (χ2n) is 7.46. The van der Waals surface area contributed by atoms with E-state index >= 15 is 0 Å². The number of urea groups is 1. The predicted octanol–water partition coefficient (Wildman–Crippen LogP) is 5.66. The lowest BCUT2D eigenvalue weighted by Crippen LogP contribution is -2.19. The number of carbonyl (C=O) groups is 1. The number of nitriles is 1. The van der Waals surface area contributed by atoms with Gasteiger partial charge in [-0.1, -0.05) is 42.5 Å². The molecule has 0 aliphatic carbocycles. The highest BCUT2D eigenvalue weighted by molar-refractivity contribution is 5.99. The minimum atomic E-state index is -0.305. The van der Waals surface area contributed by atoms with E-state index in [4.69, 9.17) is 0 Å². The van der Waals surface area contributed by atoms with Crippen LogP contribution in [0.25, 0.3) is 16.8 Å². The zero-order chi connectivity index (χ0) is 23.3. The first-order valence-electron chi connectivity index (χ1n) is 10.5. The molecule has 0 aliphatic heterocycles. The first kappa shape index (κ1) is 20.7. The zero-order valence-corrected chi connectivity index (χ0v) is 17.9. The van der Waals surface area contributed by atoms with Crippen LogP contribution in [-0.4, -0.2) is 20.6 Å². The molecular formula is C26H19N7O. The fraction of sp³-hybridized carbons (Fsp3) is 0. The molecule has 2 aromatic heterocycles. The lowest BCUT2D eigenvalue weighted by Gasteiger charge is -2.08. The molecule has 0 unspecified atom stereocenters. The molecule has 0 saturated carbocycles. The summed E-state index contributed by atoms with van der Waals surface area (Å²) in [7, 11) is 0. The Hall–Kier alpha value is -5.16. The van der Waals surface area contributed by atoms with Gasteiger partial charge in [0.25, 0.3) is 0 Å². The molecule has 2 amide bonds. The molecule has 8 nitrogen and oxygen atoms in total. The topological polar surface area (TPSA) is 107 Å². The Morgan fingerprint density at radius 1 is 0.794 bits per heavy atom. The number of hydrogen-bond donors (Lipinski definition) is 3. The first-order valence-corrected chi connectivity index (χ1v) is 10.5. The third-order valence-corrected chi connectivity index (χ3v) is 5.13. The van der Waals surface area contributed by atoms with Crippen molar-refractivity contribution in [3.63, 3.8) is 0 Å². The molecule has 0 bridgehead atoms. The number of para-hydroxylation sites is 2. The fourth-order valence-corrected chi connectivity index (χ4v) is 3.48. The molecule has 3 aromatic carbocycles. The van der Waals surface area contributed by atoms with Crippen molar-refractivity contribution >= 4 is 34.7 Å². The largest absolute Gasteiger partial charge is 0.323 e. The van der Waals surface area contributed by atoms with Gasteiger partial charge in [0.05, 0.1) is 11.3 Å². The van der Waals surface area contributed by atoms with E-state index in [-0.39, 0.29) is 6.03 Å². The number of fused-ring (bicyclic) bond motifs is 1. The maximum atomic E-state index is 12.2. The Morgan fingerprint density at radius 3 is 2.24 bits per heavy atom. The van der Waals surface area contributed by atoms with Crippen molar-refractivity contribution in [3.05, 3.63) is 103 Å². The van der Waals surface area contributed by atoms with Crippen LogP contribution in [0, 0.1) is 11.3 Å². The summed E-state index contributed by atoms with van der Waals surface area (Å²) in [5.41, 5.74) is 5.17. The number of nitrogens with zero attached hydrogens (tertiary/aromatic N) is 4. The van der Waals surface area contributed by atoms with Crippen LogP contribution in [0.3, 0.4) is 0 Å². The average molecular weight is 445 g/mol. The molecular weight excluding hydrogens is 426 g/mol. The summed E-state index contributed by atoms with van der Waals surface area (Å²) in [5, 5.41) is 22.5. The second kappa shape index (κ2) is 9.14. The maximum Gasteiger partial charge on any atom is 0.323 e. The first-order chi connectivity index (χ1) is 16.7. The number of anilines is 4. The van der Waals surface area contributed by atoms with Crippen LogP contribution < -0.4 is 16.0 Å². The Bertz CT molecular complexity index is 1500. The number of pyridine rings is 1. The summed E-state index contributed by atoms with van der Waals surface area (Å²) in [5.74, 6) is 0.406. The zero-order valence-electron chi connectivity index (χ0n) is 17.9. The minimum absolute atomic E-state index is 0.305. The van der Waals surface area contributed by atoms with Gasteiger partial charge in [0.15, 0.2) is 5.65 Å². The molecule has 34 heavy (non-hydrogen) atoms. The average Bonchev–Trinajstić information content (AvgIpc) is 3.27. The monoisotopic (exact) mass is 445 g/mol. The van der Waals surface area contributed by atoms with E-state index in [1.807, 2.05) is 91.1 Å². The van der Waals surface area contributed by atoms with E-state index in [0.717, 1.165) is 16.8 Å². The Labute approximate surface area is 195 Å². The van der Waals surface area contributed by atoms with Gasteiger partial charge in [-0.25, -0.2) is 9.31 Å². The van der Waals surface area contributed by atoms with Gasteiger partial charge in [0.1, 0.15) is 6.07 Å². The molecule has 0 atom stereocenters. The van der Waals surface area contributed by atoms with E-state index in [0.29, 0.717) is 28.5 Å². The number of hydrogen-bond acceptors (Lipinski definition) is 5. The summed E-state index contributed by atoms with van der Waals surface area (Å²) in [4.78, 5) is 16.7. The third kappa shape index (κ3) is 4.54. The standard InChI is InChI=1S/C26H19N7O/c27-16-19-6-4-5-9-23(19)30-25-31-24-15-12-20(17-33(24)32-25)18-10-13-22(14-11-18)29-26(34)28-21-7-2-1-3-8-21/h1-15,17H,(H,30,32)(H2,28,29,34). The summed E-state index contributed by atoms with van der Waals surface area (Å²) < 4.78 is 1.69. The Morgan fingerprint density at radius 2 is 1.47 bits per heavy atom. The van der Waals surface area contributed by atoms with Crippen LogP contribution in [0.4, 0.5) is 27.8 Å². The fourth-order valence-electron chi connectivity index (χ4n) is 3.48. The highest BCUT2D eigenvalue weighted by Gasteiger charge is 2.09.